The summed E-state index contributed by atoms with van der Waals surface area (Å²) in [6.07, 6.45) is 1.50. The van der Waals surface area contributed by atoms with Crippen molar-refractivity contribution < 1.29 is 13.2 Å². The zero-order valence-corrected chi connectivity index (χ0v) is 9.01. The van der Waals surface area contributed by atoms with Crippen molar-refractivity contribution in [2.75, 3.05) is 38.2 Å². The molecule has 1 unspecified atom stereocenters. The van der Waals surface area contributed by atoms with Gasteiger partial charge >= 0.3 is 0 Å². The quantitative estimate of drug-likeness (QED) is 0.640. The van der Waals surface area contributed by atoms with Crippen LogP contribution in [0.4, 0.5) is 0 Å². The molecule has 1 fully saturated rings. The molecule has 0 saturated carbocycles. The molecule has 0 radical (unpaired) electrons. The van der Waals surface area contributed by atoms with Gasteiger partial charge in [-0.05, 0) is 6.92 Å². The van der Waals surface area contributed by atoms with Gasteiger partial charge in [0.1, 0.15) is 9.84 Å². The third kappa shape index (κ3) is 4.59. The van der Waals surface area contributed by atoms with Gasteiger partial charge in [-0.1, -0.05) is 0 Å². The number of morpholine rings is 1. The second-order valence-electron chi connectivity index (χ2n) is 3.61. The highest BCUT2D eigenvalue weighted by Crippen LogP contribution is 2.03. The molecule has 4 nitrogen and oxygen atoms in total. The minimum atomic E-state index is -2.82. The largest absolute Gasteiger partial charge is 0.376 e. The maximum absolute atomic E-state index is 10.9. The lowest BCUT2D eigenvalue weighted by molar-refractivity contribution is -0.0159. The number of ether oxygens (including phenoxy) is 1. The van der Waals surface area contributed by atoms with Crippen LogP contribution in [0, 0.1) is 0 Å². The SMILES string of the molecule is CC1CN(CCS(C)(=O)=O)CCO1. The molecule has 78 valence electrons. The number of hydrogen-bond donors (Lipinski definition) is 0. The van der Waals surface area contributed by atoms with Gasteiger partial charge in [0.05, 0.1) is 18.5 Å². The first-order valence-corrected chi connectivity index (χ1v) is 6.55. The Morgan fingerprint density at radius 3 is 2.77 bits per heavy atom. The highest BCUT2D eigenvalue weighted by molar-refractivity contribution is 7.90. The van der Waals surface area contributed by atoms with Crippen LogP contribution in [0.3, 0.4) is 0 Å². The second-order valence-corrected chi connectivity index (χ2v) is 5.87. The average molecular weight is 207 g/mol. The van der Waals surface area contributed by atoms with E-state index in [2.05, 4.69) is 4.90 Å². The van der Waals surface area contributed by atoms with E-state index in [1.54, 1.807) is 0 Å². The standard InChI is InChI=1S/C8H17NO3S/c1-8-7-9(3-5-12-8)4-6-13(2,10)11/h8H,3-7H2,1-2H3. The summed E-state index contributed by atoms with van der Waals surface area (Å²) < 4.78 is 27.1. The molecule has 1 aliphatic heterocycles. The van der Waals surface area contributed by atoms with Crippen molar-refractivity contribution >= 4 is 9.84 Å². The van der Waals surface area contributed by atoms with Crippen molar-refractivity contribution in [2.24, 2.45) is 0 Å². The lowest BCUT2D eigenvalue weighted by atomic mass is 10.3. The third-order valence-electron chi connectivity index (χ3n) is 2.10. The molecule has 0 aromatic carbocycles. The molecule has 0 aromatic heterocycles. The Morgan fingerprint density at radius 2 is 2.23 bits per heavy atom. The van der Waals surface area contributed by atoms with Crippen molar-refractivity contribution in [3.05, 3.63) is 0 Å². The molecular weight excluding hydrogens is 190 g/mol. The van der Waals surface area contributed by atoms with Gasteiger partial charge in [0, 0.05) is 25.9 Å². The van der Waals surface area contributed by atoms with Gasteiger partial charge in [-0.3, -0.25) is 4.90 Å². The van der Waals surface area contributed by atoms with Gasteiger partial charge < -0.3 is 4.74 Å². The lowest BCUT2D eigenvalue weighted by Gasteiger charge is -2.30. The van der Waals surface area contributed by atoms with Gasteiger partial charge in [0.15, 0.2) is 0 Å². The van der Waals surface area contributed by atoms with Crippen molar-refractivity contribution in [3.63, 3.8) is 0 Å². The predicted molar refractivity (Wildman–Crippen MR) is 51.6 cm³/mol. The van der Waals surface area contributed by atoms with Crippen LogP contribution in [0.5, 0.6) is 0 Å². The van der Waals surface area contributed by atoms with Gasteiger partial charge in [-0.2, -0.15) is 0 Å². The minimum absolute atomic E-state index is 0.230. The molecule has 1 aliphatic rings. The van der Waals surface area contributed by atoms with E-state index in [1.807, 2.05) is 6.92 Å². The van der Waals surface area contributed by atoms with E-state index in [0.29, 0.717) is 13.2 Å². The molecule has 0 amide bonds. The summed E-state index contributed by atoms with van der Waals surface area (Å²) in [5.41, 5.74) is 0. The van der Waals surface area contributed by atoms with Crippen LogP contribution < -0.4 is 0 Å². The Labute approximate surface area is 79.8 Å². The molecule has 0 bridgehead atoms. The Bertz CT molecular complexity index is 250. The fourth-order valence-electron chi connectivity index (χ4n) is 1.39. The van der Waals surface area contributed by atoms with Crippen molar-refractivity contribution in [2.45, 2.75) is 13.0 Å². The van der Waals surface area contributed by atoms with E-state index >= 15 is 0 Å². The van der Waals surface area contributed by atoms with Crippen molar-refractivity contribution in [1.82, 2.24) is 4.90 Å². The van der Waals surface area contributed by atoms with Gasteiger partial charge in [0.2, 0.25) is 0 Å². The van der Waals surface area contributed by atoms with Crippen LogP contribution >= 0.6 is 0 Å². The minimum Gasteiger partial charge on any atom is -0.376 e. The van der Waals surface area contributed by atoms with Crippen molar-refractivity contribution in [3.8, 4) is 0 Å². The van der Waals surface area contributed by atoms with Gasteiger partial charge in [-0.15, -0.1) is 0 Å². The van der Waals surface area contributed by atoms with E-state index in [-0.39, 0.29) is 11.9 Å². The summed E-state index contributed by atoms with van der Waals surface area (Å²) in [6, 6.07) is 0. The molecule has 1 rings (SSSR count). The van der Waals surface area contributed by atoms with Gasteiger partial charge in [-0.25, -0.2) is 8.42 Å². The molecule has 1 heterocycles. The van der Waals surface area contributed by atoms with Crippen LogP contribution in [-0.2, 0) is 14.6 Å². The monoisotopic (exact) mass is 207 g/mol. The topological polar surface area (TPSA) is 46.6 Å². The Kier molecular flexibility index (Phi) is 3.70. The molecule has 1 saturated heterocycles. The molecule has 0 N–H and O–H groups in total. The molecule has 0 aliphatic carbocycles. The Hall–Kier alpha value is -0.130. The van der Waals surface area contributed by atoms with Crippen molar-refractivity contribution in [1.29, 1.82) is 0 Å². The summed E-state index contributed by atoms with van der Waals surface area (Å²) in [7, 11) is -2.82. The summed E-state index contributed by atoms with van der Waals surface area (Å²) in [5, 5.41) is 0. The van der Waals surface area contributed by atoms with E-state index in [9.17, 15) is 8.42 Å². The second kappa shape index (κ2) is 4.39. The summed E-state index contributed by atoms with van der Waals surface area (Å²) in [6.45, 7) is 5.04. The Balaban J connectivity index is 2.29. The highest BCUT2D eigenvalue weighted by Gasteiger charge is 2.17. The van der Waals surface area contributed by atoms with E-state index in [0.717, 1.165) is 13.1 Å². The molecule has 5 heteroatoms. The van der Waals surface area contributed by atoms with Crippen LogP contribution in [0.15, 0.2) is 0 Å². The predicted octanol–water partition coefficient (Wildman–Crippen LogP) is -0.248. The van der Waals surface area contributed by atoms with Crippen LogP contribution in [0.1, 0.15) is 6.92 Å². The fourth-order valence-corrected chi connectivity index (χ4v) is 1.98. The zero-order valence-electron chi connectivity index (χ0n) is 8.19. The number of sulfone groups is 1. The molecule has 0 aromatic rings. The summed E-state index contributed by atoms with van der Waals surface area (Å²) in [4.78, 5) is 2.13. The first-order valence-electron chi connectivity index (χ1n) is 4.49. The van der Waals surface area contributed by atoms with Crippen LogP contribution in [0.25, 0.3) is 0 Å². The average Bonchev–Trinajstić information content (AvgIpc) is 2.00. The van der Waals surface area contributed by atoms with Crippen LogP contribution in [-0.4, -0.2) is 57.7 Å². The normalized spacial score (nSPS) is 26.2. The summed E-state index contributed by atoms with van der Waals surface area (Å²) in [5.74, 6) is 0.250. The highest BCUT2D eigenvalue weighted by atomic mass is 32.2. The first kappa shape index (κ1) is 10.9. The maximum Gasteiger partial charge on any atom is 0.148 e. The first-order chi connectivity index (χ1) is 5.97. The number of rotatable bonds is 3. The Morgan fingerprint density at radius 1 is 1.54 bits per heavy atom. The third-order valence-corrected chi connectivity index (χ3v) is 3.03. The van der Waals surface area contributed by atoms with E-state index in [4.69, 9.17) is 4.74 Å². The van der Waals surface area contributed by atoms with E-state index < -0.39 is 9.84 Å². The molecule has 13 heavy (non-hydrogen) atoms. The lowest BCUT2D eigenvalue weighted by Crippen LogP contribution is -2.42. The number of nitrogens with zero attached hydrogens (tertiary/aromatic N) is 1. The maximum atomic E-state index is 10.9. The zero-order chi connectivity index (χ0) is 9.90. The smallest absolute Gasteiger partial charge is 0.148 e. The van der Waals surface area contributed by atoms with E-state index in [1.165, 1.54) is 6.26 Å². The molecule has 0 spiro atoms. The van der Waals surface area contributed by atoms with Gasteiger partial charge in [0.25, 0.3) is 0 Å². The fraction of sp³-hybridized carbons (Fsp3) is 1.00. The van der Waals surface area contributed by atoms with Crippen LogP contribution in [0.2, 0.25) is 0 Å². The number of hydrogen-bond acceptors (Lipinski definition) is 4. The molecular formula is C8H17NO3S. The summed E-state index contributed by atoms with van der Waals surface area (Å²) >= 11 is 0. The molecule has 1 atom stereocenters.